The standard InChI is InChI=1S/C25H23N5S2/c1-15-9-12-31-23(15)18-14-32-24-21(18)29-25(17-7-10-28-11-8-17)30-22(24)20(27)19(26)13-16-5-3-2-4-6-16/h2-12,14,19-20H,13,26-27H2,1H3. The molecule has 1 aromatic carbocycles. The number of hydrogen-bond donors (Lipinski definition) is 2. The lowest BCUT2D eigenvalue weighted by atomic mass is 9.97. The van der Waals surface area contributed by atoms with Gasteiger partial charge in [0.25, 0.3) is 0 Å². The molecule has 0 fully saturated rings. The van der Waals surface area contributed by atoms with Crippen molar-refractivity contribution >= 4 is 32.9 Å². The lowest BCUT2D eigenvalue weighted by molar-refractivity contribution is 0.537. The number of benzene rings is 1. The molecule has 5 aromatic rings. The third-order valence-corrected chi connectivity index (χ3v) is 7.62. The van der Waals surface area contributed by atoms with Gasteiger partial charge in [-0.1, -0.05) is 30.3 Å². The van der Waals surface area contributed by atoms with Crippen molar-refractivity contribution in [1.82, 2.24) is 15.0 Å². The molecule has 5 nitrogen and oxygen atoms in total. The van der Waals surface area contributed by atoms with E-state index >= 15 is 0 Å². The van der Waals surface area contributed by atoms with Crippen LogP contribution in [0.15, 0.2) is 71.7 Å². The maximum Gasteiger partial charge on any atom is 0.160 e. The van der Waals surface area contributed by atoms with Crippen LogP contribution in [0.3, 0.4) is 0 Å². The van der Waals surface area contributed by atoms with Crippen LogP contribution < -0.4 is 11.5 Å². The number of pyridine rings is 1. The summed E-state index contributed by atoms with van der Waals surface area (Å²) in [4.78, 5) is 15.2. The minimum absolute atomic E-state index is 0.269. The maximum absolute atomic E-state index is 6.74. The highest BCUT2D eigenvalue weighted by Crippen LogP contribution is 2.40. The third kappa shape index (κ3) is 3.96. The molecule has 0 radical (unpaired) electrons. The van der Waals surface area contributed by atoms with Gasteiger partial charge in [0, 0.05) is 39.8 Å². The van der Waals surface area contributed by atoms with Crippen LogP contribution in [0.4, 0.5) is 0 Å². The van der Waals surface area contributed by atoms with E-state index in [4.69, 9.17) is 21.4 Å². The molecule has 32 heavy (non-hydrogen) atoms. The van der Waals surface area contributed by atoms with Crippen LogP contribution in [0.25, 0.3) is 32.0 Å². The van der Waals surface area contributed by atoms with E-state index in [9.17, 15) is 0 Å². The minimum Gasteiger partial charge on any atom is -0.326 e. The maximum atomic E-state index is 6.74. The molecule has 0 bridgehead atoms. The molecule has 0 spiro atoms. The average Bonchev–Trinajstić information content (AvgIpc) is 3.44. The van der Waals surface area contributed by atoms with E-state index in [1.807, 2.05) is 30.3 Å². The fraction of sp³-hybridized carbons (Fsp3) is 0.160. The van der Waals surface area contributed by atoms with Gasteiger partial charge in [-0.25, -0.2) is 9.97 Å². The zero-order valence-corrected chi connectivity index (χ0v) is 19.2. The van der Waals surface area contributed by atoms with E-state index in [2.05, 4.69) is 40.9 Å². The number of nitrogens with two attached hydrogens (primary N) is 2. The smallest absolute Gasteiger partial charge is 0.160 e. The summed E-state index contributed by atoms with van der Waals surface area (Å²) < 4.78 is 1.00. The van der Waals surface area contributed by atoms with E-state index in [0.717, 1.165) is 32.6 Å². The lowest BCUT2D eigenvalue weighted by Crippen LogP contribution is -2.36. The first-order chi connectivity index (χ1) is 15.6. The summed E-state index contributed by atoms with van der Waals surface area (Å²) >= 11 is 3.36. The predicted octanol–water partition coefficient (Wildman–Crippen LogP) is 5.36. The first kappa shape index (κ1) is 20.9. The Bertz CT molecular complexity index is 1350. The number of aryl methyl sites for hydroxylation is 1. The van der Waals surface area contributed by atoms with E-state index < -0.39 is 6.04 Å². The van der Waals surface area contributed by atoms with Gasteiger partial charge in [-0.15, -0.1) is 22.7 Å². The van der Waals surface area contributed by atoms with Crippen LogP contribution in [0, 0.1) is 6.92 Å². The van der Waals surface area contributed by atoms with Crippen molar-refractivity contribution in [3.63, 3.8) is 0 Å². The van der Waals surface area contributed by atoms with Gasteiger partial charge >= 0.3 is 0 Å². The lowest BCUT2D eigenvalue weighted by Gasteiger charge is -2.21. The van der Waals surface area contributed by atoms with E-state index in [-0.39, 0.29) is 6.04 Å². The van der Waals surface area contributed by atoms with Gasteiger partial charge in [0.05, 0.1) is 22.0 Å². The summed E-state index contributed by atoms with van der Waals surface area (Å²) in [6.45, 7) is 2.13. The van der Waals surface area contributed by atoms with Crippen molar-refractivity contribution in [1.29, 1.82) is 0 Å². The Balaban J connectivity index is 1.64. The third-order valence-electron chi connectivity index (χ3n) is 5.58. The second-order valence-corrected chi connectivity index (χ2v) is 9.60. The highest BCUT2D eigenvalue weighted by atomic mass is 32.1. The number of hydrogen-bond acceptors (Lipinski definition) is 7. The van der Waals surface area contributed by atoms with Gasteiger partial charge in [-0.2, -0.15) is 0 Å². The predicted molar refractivity (Wildman–Crippen MR) is 134 cm³/mol. The summed E-state index contributed by atoms with van der Waals surface area (Å²) in [7, 11) is 0. The monoisotopic (exact) mass is 457 g/mol. The van der Waals surface area contributed by atoms with Crippen LogP contribution in [-0.2, 0) is 6.42 Å². The fourth-order valence-electron chi connectivity index (χ4n) is 3.82. The molecular weight excluding hydrogens is 434 g/mol. The van der Waals surface area contributed by atoms with E-state index in [1.165, 1.54) is 10.4 Å². The van der Waals surface area contributed by atoms with Crippen molar-refractivity contribution in [3.05, 3.63) is 88.5 Å². The molecule has 160 valence electrons. The minimum atomic E-state index is -0.419. The Labute approximate surface area is 194 Å². The molecule has 0 saturated carbocycles. The van der Waals surface area contributed by atoms with Crippen molar-refractivity contribution in [2.45, 2.75) is 25.4 Å². The van der Waals surface area contributed by atoms with Crippen molar-refractivity contribution < 1.29 is 0 Å². The van der Waals surface area contributed by atoms with Gasteiger partial charge in [-0.3, -0.25) is 4.98 Å². The van der Waals surface area contributed by atoms with E-state index in [0.29, 0.717) is 12.2 Å². The van der Waals surface area contributed by atoms with Crippen molar-refractivity contribution in [3.8, 4) is 21.8 Å². The Kier molecular flexibility index (Phi) is 5.80. The van der Waals surface area contributed by atoms with E-state index in [1.54, 1.807) is 35.1 Å². The Hall–Kier alpha value is -2.97. The van der Waals surface area contributed by atoms with Crippen LogP contribution in [-0.4, -0.2) is 21.0 Å². The zero-order chi connectivity index (χ0) is 22.1. The second kappa shape index (κ2) is 8.88. The normalized spacial score (nSPS) is 13.3. The topological polar surface area (TPSA) is 90.7 Å². The molecule has 4 aromatic heterocycles. The molecule has 0 saturated heterocycles. The number of thiophene rings is 2. The van der Waals surface area contributed by atoms with Gasteiger partial charge in [0.2, 0.25) is 0 Å². The number of fused-ring (bicyclic) bond motifs is 1. The van der Waals surface area contributed by atoms with Gasteiger partial charge < -0.3 is 11.5 Å². The van der Waals surface area contributed by atoms with Crippen LogP contribution in [0.2, 0.25) is 0 Å². The summed E-state index contributed by atoms with van der Waals surface area (Å²) in [5, 5.41) is 4.27. The number of nitrogens with zero attached hydrogens (tertiary/aromatic N) is 3. The van der Waals surface area contributed by atoms with Crippen molar-refractivity contribution in [2.24, 2.45) is 11.5 Å². The first-order valence-electron chi connectivity index (χ1n) is 10.4. The molecule has 4 heterocycles. The summed E-state index contributed by atoms with van der Waals surface area (Å²) in [5.74, 6) is 0.645. The van der Waals surface area contributed by atoms with Gasteiger partial charge in [-0.05, 0) is 48.1 Å². The molecular formula is C25H23N5S2. The molecule has 0 aliphatic heterocycles. The SMILES string of the molecule is Cc1ccsc1-c1csc2c(C(N)C(N)Cc3ccccc3)nc(-c3ccncc3)nc12. The van der Waals surface area contributed by atoms with Crippen LogP contribution in [0.1, 0.15) is 22.9 Å². The average molecular weight is 458 g/mol. The second-order valence-electron chi connectivity index (χ2n) is 7.81. The molecule has 0 aliphatic rings. The zero-order valence-electron chi connectivity index (χ0n) is 17.6. The van der Waals surface area contributed by atoms with Crippen molar-refractivity contribution in [2.75, 3.05) is 0 Å². The molecule has 7 heteroatoms. The highest BCUT2D eigenvalue weighted by molar-refractivity contribution is 7.19. The van der Waals surface area contributed by atoms with Gasteiger partial charge in [0.1, 0.15) is 0 Å². The van der Waals surface area contributed by atoms with Crippen LogP contribution >= 0.6 is 22.7 Å². The molecule has 0 amide bonds. The highest BCUT2D eigenvalue weighted by Gasteiger charge is 2.24. The summed E-state index contributed by atoms with van der Waals surface area (Å²) in [6.07, 6.45) is 4.18. The Morgan fingerprint density at radius 2 is 1.72 bits per heavy atom. The van der Waals surface area contributed by atoms with Gasteiger partial charge in [0.15, 0.2) is 5.82 Å². The molecule has 5 rings (SSSR count). The quantitative estimate of drug-likeness (QED) is 0.358. The largest absolute Gasteiger partial charge is 0.326 e. The summed E-state index contributed by atoms with van der Waals surface area (Å²) in [5.41, 5.74) is 19.5. The number of aromatic nitrogens is 3. The summed E-state index contributed by atoms with van der Waals surface area (Å²) in [6, 6.07) is 15.5. The van der Waals surface area contributed by atoms with Crippen LogP contribution in [0.5, 0.6) is 0 Å². The fourth-order valence-corrected chi connectivity index (χ4v) is 5.88. The molecule has 2 atom stereocenters. The Morgan fingerprint density at radius 3 is 2.44 bits per heavy atom. The molecule has 4 N–H and O–H groups in total. The Morgan fingerprint density at radius 1 is 0.938 bits per heavy atom. The molecule has 0 aliphatic carbocycles. The number of rotatable bonds is 6. The molecule has 2 unspecified atom stereocenters. The first-order valence-corrected chi connectivity index (χ1v) is 12.2.